The molecule has 0 bridgehead atoms. The Morgan fingerprint density at radius 2 is 1.62 bits per heavy atom. The highest BCUT2D eigenvalue weighted by atomic mass is 19.4. The fourth-order valence-corrected chi connectivity index (χ4v) is 3.75. The third-order valence-electron chi connectivity index (χ3n) is 4.91. The zero-order chi connectivity index (χ0) is 15.1. The van der Waals surface area contributed by atoms with E-state index in [1.807, 2.05) is 0 Å². The number of nitrogens with two attached hydrogens (primary N) is 1. The number of rotatable bonds is 1. The van der Waals surface area contributed by atoms with Gasteiger partial charge in [0.1, 0.15) is 0 Å². The Bertz CT molecular complexity index is 509. The van der Waals surface area contributed by atoms with Crippen LogP contribution in [0.3, 0.4) is 0 Å². The van der Waals surface area contributed by atoms with Gasteiger partial charge in [-0.15, -0.1) is 0 Å². The lowest BCUT2D eigenvalue weighted by atomic mass is 9.73. The standard InChI is InChI=1S/C16H21F3N2/c17-16(18,19)12-5-6-14(13(20)9-12)21-10-15(11-21)7-3-1-2-4-8-15/h5-6,9H,1-4,7-8,10-11,20H2. The molecule has 21 heavy (non-hydrogen) atoms. The molecule has 2 aliphatic rings. The van der Waals surface area contributed by atoms with Crippen molar-refractivity contribution < 1.29 is 13.2 Å². The Hall–Kier alpha value is -1.39. The number of nitrogen functional groups attached to an aromatic ring is 1. The monoisotopic (exact) mass is 298 g/mol. The van der Waals surface area contributed by atoms with Gasteiger partial charge in [0.25, 0.3) is 0 Å². The summed E-state index contributed by atoms with van der Waals surface area (Å²) < 4.78 is 38.0. The number of halogens is 3. The smallest absolute Gasteiger partial charge is 0.397 e. The predicted molar refractivity (Wildman–Crippen MR) is 78.2 cm³/mol. The van der Waals surface area contributed by atoms with Crippen molar-refractivity contribution in [3.8, 4) is 0 Å². The van der Waals surface area contributed by atoms with Crippen LogP contribution in [0.25, 0.3) is 0 Å². The molecule has 5 heteroatoms. The SMILES string of the molecule is Nc1cc(C(F)(F)F)ccc1N1CC2(CCCCCC2)C1. The highest BCUT2D eigenvalue weighted by molar-refractivity contribution is 5.70. The van der Waals surface area contributed by atoms with Crippen molar-refractivity contribution in [2.45, 2.75) is 44.7 Å². The van der Waals surface area contributed by atoms with Crippen LogP contribution in [0.2, 0.25) is 0 Å². The largest absolute Gasteiger partial charge is 0.416 e. The summed E-state index contributed by atoms with van der Waals surface area (Å²) in [6.07, 6.45) is 3.32. The molecule has 1 heterocycles. The van der Waals surface area contributed by atoms with E-state index < -0.39 is 11.7 Å². The number of anilines is 2. The third-order valence-corrected chi connectivity index (χ3v) is 4.91. The summed E-state index contributed by atoms with van der Waals surface area (Å²) in [7, 11) is 0. The molecule has 1 aliphatic heterocycles. The zero-order valence-corrected chi connectivity index (χ0v) is 12.0. The summed E-state index contributed by atoms with van der Waals surface area (Å²) in [6.45, 7) is 1.87. The van der Waals surface area contributed by atoms with Gasteiger partial charge in [-0.1, -0.05) is 25.7 Å². The number of hydrogen-bond acceptors (Lipinski definition) is 2. The fourth-order valence-electron chi connectivity index (χ4n) is 3.75. The minimum Gasteiger partial charge on any atom is -0.397 e. The molecule has 1 aromatic carbocycles. The van der Waals surface area contributed by atoms with Crippen molar-refractivity contribution >= 4 is 11.4 Å². The molecule has 116 valence electrons. The van der Waals surface area contributed by atoms with Gasteiger partial charge < -0.3 is 10.6 Å². The third kappa shape index (κ3) is 2.83. The van der Waals surface area contributed by atoms with Crippen LogP contribution in [-0.4, -0.2) is 13.1 Å². The molecule has 1 saturated carbocycles. The molecular weight excluding hydrogens is 277 g/mol. The van der Waals surface area contributed by atoms with E-state index in [9.17, 15) is 13.2 Å². The summed E-state index contributed by atoms with van der Waals surface area (Å²) in [4.78, 5) is 2.13. The first kappa shape index (κ1) is 14.5. The minimum atomic E-state index is -4.33. The molecule has 2 fully saturated rings. The summed E-state index contributed by atoms with van der Waals surface area (Å²) in [5.41, 5.74) is 6.52. The Morgan fingerprint density at radius 1 is 1.00 bits per heavy atom. The lowest BCUT2D eigenvalue weighted by Crippen LogP contribution is -2.56. The number of benzene rings is 1. The molecule has 1 saturated heterocycles. The summed E-state index contributed by atoms with van der Waals surface area (Å²) >= 11 is 0. The normalized spacial score (nSPS) is 22.0. The fraction of sp³-hybridized carbons (Fsp3) is 0.625. The Kier molecular flexibility index (Phi) is 3.54. The van der Waals surface area contributed by atoms with Crippen LogP contribution >= 0.6 is 0 Å². The number of alkyl halides is 3. The van der Waals surface area contributed by atoms with Gasteiger partial charge in [-0.05, 0) is 31.0 Å². The molecular formula is C16H21F3N2. The van der Waals surface area contributed by atoms with Crippen LogP contribution < -0.4 is 10.6 Å². The van der Waals surface area contributed by atoms with E-state index in [4.69, 9.17) is 5.73 Å². The van der Waals surface area contributed by atoms with Crippen LogP contribution in [0.1, 0.15) is 44.1 Å². The summed E-state index contributed by atoms with van der Waals surface area (Å²) in [6, 6.07) is 3.69. The van der Waals surface area contributed by atoms with Gasteiger partial charge in [-0.25, -0.2) is 0 Å². The first-order chi connectivity index (χ1) is 9.90. The quantitative estimate of drug-likeness (QED) is 0.776. The predicted octanol–water partition coefficient (Wildman–Crippen LogP) is 4.45. The second-order valence-electron chi connectivity index (χ2n) is 6.54. The second kappa shape index (κ2) is 5.11. The van der Waals surface area contributed by atoms with Crippen LogP contribution in [-0.2, 0) is 6.18 Å². The van der Waals surface area contributed by atoms with E-state index in [0.29, 0.717) is 5.41 Å². The van der Waals surface area contributed by atoms with Gasteiger partial charge >= 0.3 is 6.18 Å². The van der Waals surface area contributed by atoms with Crippen molar-refractivity contribution in [3.63, 3.8) is 0 Å². The van der Waals surface area contributed by atoms with Crippen molar-refractivity contribution in [2.75, 3.05) is 23.7 Å². The first-order valence-corrected chi connectivity index (χ1v) is 7.61. The average Bonchev–Trinajstić information content (AvgIpc) is 2.62. The van der Waals surface area contributed by atoms with Crippen molar-refractivity contribution in [3.05, 3.63) is 23.8 Å². The van der Waals surface area contributed by atoms with E-state index in [1.54, 1.807) is 0 Å². The maximum Gasteiger partial charge on any atom is 0.416 e. The van der Waals surface area contributed by atoms with Crippen molar-refractivity contribution in [1.82, 2.24) is 0 Å². The van der Waals surface area contributed by atoms with Crippen LogP contribution in [0, 0.1) is 5.41 Å². The maximum atomic E-state index is 12.7. The average molecular weight is 298 g/mol. The molecule has 0 atom stereocenters. The highest BCUT2D eigenvalue weighted by Gasteiger charge is 2.43. The number of hydrogen-bond donors (Lipinski definition) is 1. The molecule has 1 spiro atoms. The highest BCUT2D eigenvalue weighted by Crippen LogP contribution is 2.46. The summed E-state index contributed by atoms with van der Waals surface area (Å²) in [5, 5.41) is 0. The van der Waals surface area contributed by atoms with E-state index in [2.05, 4.69) is 4.90 Å². The molecule has 0 radical (unpaired) electrons. The first-order valence-electron chi connectivity index (χ1n) is 7.61. The Balaban J connectivity index is 1.72. The zero-order valence-electron chi connectivity index (χ0n) is 12.0. The van der Waals surface area contributed by atoms with E-state index in [0.717, 1.165) is 30.9 Å². The van der Waals surface area contributed by atoms with Crippen LogP contribution in [0.4, 0.5) is 24.5 Å². The van der Waals surface area contributed by atoms with Crippen LogP contribution in [0.15, 0.2) is 18.2 Å². The Labute approximate surface area is 123 Å². The topological polar surface area (TPSA) is 29.3 Å². The molecule has 2 nitrogen and oxygen atoms in total. The lowest BCUT2D eigenvalue weighted by Gasteiger charge is -2.52. The van der Waals surface area contributed by atoms with Crippen molar-refractivity contribution in [1.29, 1.82) is 0 Å². The van der Waals surface area contributed by atoms with Gasteiger partial charge in [0, 0.05) is 18.5 Å². The molecule has 1 aromatic rings. The van der Waals surface area contributed by atoms with Gasteiger partial charge in [0.05, 0.1) is 16.9 Å². The van der Waals surface area contributed by atoms with E-state index in [1.165, 1.54) is 44.6 Å². The molecule has 0 aromatic heterocycles. The van der Waals surface area contributed by atoms with Gasteiger partial charge in [-0.3, -0.25) is 0 Å². The second-order valence-corrected chi connectivity index (χ2v) is 6.54. The van der Waals surface area contributed by atoms with Gasteiger partial charge in [-0.2, -0.15) is 13.2 Å². The van der Waals surface area contributed by atoms with Crippen LogP contribution in [0.5, 0.6) is 0 Å². The maximum absolute atomic E-state index is 12.7. The molecule has 2 N–H and O–H groups in total. The van der Waals surface area contributed by atoms with E-state index >= 15 is 0 Å². The molecule has 3 rings (SSSR count). The molecule has 0 unspecified atom stereocenters. The molecule has 1 aliphatic carbocycles. The molecule has 0 amide bonds. The van der Waals surface area contributed by atoms with Gasteiger partial charge in [0.2, 0.25) is 0 Å². The summed E-state index contributed by atoms with van der Waals surface area (Å²) in [5.74, 6) is 0. The minimum absolute atomic E-state index is 0.230. The number of nitrogens with zero attached hydrogens (tertiary/aromatic N) is 1. The van der Waals surface area contributed by atoms with E-state index in [-0.39, 0.29) is 5.69 Å². The van der Waals surface area contributed by atoms with Crippen molar-refractivity contribution in [2.24, 2.45) is 5.41 Å². The lowest BCUT2D eigenvalue weighted by molar-refractivity contribution is -0.137. The Morgan fingerprint density at radius 3 is 2.14 bits per heavy atom. The van der Waals surface area contributed by atoms with Gasteiger partial charge in [0.15, 0.2) is 0 Å².